The number of methoxy groups -OCH3 is 2. The fourth-order valence-electron chi connectivity index (χ4n) is 4.84. The molecular weight excluding hydrogens is 594 g/mol. The van der Waals surface area contributed by atoms with Gasteiger partial charge in [-0.1, -0.05) is 48.0 Å². The standard InChI is InChI=1S/C35H32ClN3O6/c1-43-26-13-9-23(10-14-26)17-18-37-34(41)30-20-29-31(38-33(40)22-45-28-6-3-5-25(36)19-28)7-4-8-32(29)39(35(30)42)21-24-11-15-27(44-2)16-12-24/h3-16,19-20H,17-18,21-22H2,1-2H3,(H,37,41)(H,38,40). The Kier molecular flexibility index (Phi) is 10.0. The molecule has 5 aromatic rings. The van der Waals surface area contributed by atoms with Crippen LogP contribution in [0.5, 0.6) is 17.2 Å². The van der Waals surface area contributed by atoms with Crippen LogP contribution >= 0.6 is 11.6 Å². The first kappa shape index (κ1) is 31.2. The minimum absolute atomic E-state index is 0.0392. The summed E-state index contributed by atoms with van der Waals surface area (Å²) in [6.45, 7) is 0.253. The lowest BCUT2D eigenvalue weighted by Gasteiger charge is -2.16. The van der Waals surface area contributed by atoms with Crippen molar-refractivity contribution >= 4 is 40.0 Å². The minimum Gasteiger partial charge on any atom is -0.497 e. The van der Waals surface area contributed by atoms with E-state index < -0.39 is 17.4 Å². The van der Waals surface area contributed by atoms with Crippen molar-refractivity contribution < 1.29 is 23.8 Å². The van der Waals surface area contributed by atoms with Crippen molar-refractivity contribution in [3.8, 4) is 17.2 Å². The molecule has 0 aliphatic carbocycles. The molecule has 0 spiro atoms. The Balaban J connectivity index is 1.43. The van der Waals surface area contributed by atoms with Crippen molar-refractivity contribution in [2.75, 3.05) is 32.7 Å². The summed E-state index contributed by atoms with van der Waals surface area (Å²) in [4.78, 5) is 40.2. The quantitative estimate of drug-likeness (QED) is 0.184. The van der Waals surface area contributed by atoms with Crippen molar-refractivity contribution in [3.63, 3.8) is 0 Å². The second-order valence-electron chi connectivity index (χ2n) is 10.2. The van der Waals surface area contributed by atoms with Crippen molar-refractivity contribution in [2.45, 2.75) is 13.0 Å². The summed E-state index contributed by atoms with van der Waals surface area (Å²) < 4.78 is 17.6. The topological polar surface area (TPSA) is 108 Å². The number of amides is 2. The zero-order chi connectivity index (χ0) is 31.8. The number of aromatic nitrogens is 1. The van der Waals surface area contributed by atoms with E-state index in [-0.39, 0.29) is 18.7 Å². The highest BCUT2D eigenvalue weighted by Gasteiger charge is 2.18. The van der Waals surface area contributed by atoms with Gasteiger partial charge in [-0.2, -0.15) is 0 Å². The van der Waals surface area contributed by atoms with Crippen molar-refractivity contribution in [2.24, 2.45) is 0 Å². The first-order valence-electron chi connectivity index (χ1n) is 14.2. The van der Waals surface area contributed by atoms with E-state index in [2.05, 4.69) is 10.6 Å². The van der Waals surface area contributed by atoms with Crippen LogP contribution in [0.15, 0.2) is 102 Å². The summed E-state index contributed by atoms with van der Waals surface area (Å²) in [5.74, 6) is 0.962. The van der Waals surface area contributed by atoms with Crippen molar-refractivity contribution in [3.05, 3.63) is 129 Å². The van der Waals surface area contributed by atoms with E-state index in [0.717, 1.165) is 16.9 Å². The van der Waals surface area contributed by atoms with Crippen molar-refractivity contribution in [1.82, 2.24) is 9.88 Å². The molecule has 230 valence electrons. The first-order chi connectivity index (χ1) is 21.8. The SMILES string of the molecule is COc1ccc(CCNC(=O)c2cc3c(NC(=O)COc4cccc(Cl)c4)cccc3n(Cc3ccc(OC)cc3)c2=O)cc1. The Hall–Kier alpha value is -5.28. The molecule has 0 aliphatic rings. The highest BCUT2D eigenvalue weighted by atomic mass is 35.5. The summed E-state index contributed by atoms with van der Waals surface area (Å²) in [6.07, 6.45) is 0.567. The molecule has 1 aromatic heterocycles. The van der Waals surface area contributed by atoms with Crippen LogP contribution < -0.4 is 30.4 Å². The maximum atomic E-state index is 13.8. The monoisotopic (exact) mass is 625 g/mol. The van der Waals surface area contributed by atoms with Gasteiger partial charge in [-0.15, -0.1) is 0 Å². The van der Waals surface area contributed by atoms with E-state index in [9.17, 15) is 14.4 Å². The van der Waals surface area contributed by atoms with Crippen LogP contribution in [0.2, 0.25) is 5.02 Å². The predicted octanol–water partition coefficient (Wildman–Crippen LogP) is 5.71. The molecule has 1 heterocycles. The molecule has 9 nitrogen and oxygen atoms in total. The fourth-order valence-corrected chi connectivity index (χ4v) is 5.02. The maximum Gasteiger partial charge on any atom is 0.264 e. The Labute approximate surface area is 265 Å². The first-order valence-corrected chi connectivity index (χ1v) is 14.6. The molecule has 0 fully saturated rings. The Morgan fingerprint density at radius 2 is 1.47 bits per heavy atom. The van der Waals surface area contributed by atoms with Crippen LogP contribution in [0.1, 0.15) is 21.5 Å². The van der Waals surface area contributed by atoms with Crippen LogP contribution in [0.4, 0.5) is 5.69 Å². The van der Waals surface area contributed by atoms with Crippen LogP contribution in [0.25, 0.3) is 10.9 Å². The Morgan fingerprint density at radius 3 is 2.13 bits per heavy atom. The van der Waals surface area contributed by atoms with Crippen LogP contribution in [-0.4, -0.2) is 43.8 Å². The third-order valence-electron chi connectivity index (χ3n) is 7.18. The Morgan fingerprint density at radius 1 is 0.800 bits per heavy atom. The molecule has 0 bridgehead atoms. The summed E-state index contributed by atoms with van der Waals surface area (Å²) >= 11 is 6.02. The highest BCUT2D eigenvalue weighted by molar-refractivity contribution is 6.30. The fraction of sp³-hybridized carbons (Fsp3) is 0.171. The molecule has 2 amide bonds. The van der Waals surface area contributed by atoms with E-state index in [1.54, 1.807) is 56.7 Å². The molecule has 0 saturated carbocycles. The number of rotatable bonds is 12. The Bertz CT molecular complexity index is 1870. The summed E-state index contributed by atoms with van der Waals surface area (Å²) in [6, 6.07) is 28.4. The molecule has 4 aromatic carbocycles. The van der Waals surface area contributed by atoms with E-state index in [4.69, 9.17) is 25.8 Å². The van der Waals surface area contributed by atoms with Gasteiger partial charge in [0.15, 0.2) is 6.61 Å². The molecule has 0 radical (unpaired) electrons. The maximum absolute atomic E-state index is 13.8. The molecule has 0 atom stereocenters. The van der Waals surface area contributed by atoms with Gasteiger partial charge < -0.3 is 29.4 Å². The number of carbonyl (C=O) groups is 2. The number of fused-ring (bicyclic) bond motifs is 1. The van der Waals surface area contributed by atoms with Crippen LogP contribution in [0, 0.1) is 0 Å². The smallest absolute Gasteiger partial charge is 0.264 e. The van der Waals surface area contributed by atoms with Gasteiger partial charge in [-0.05, 0) is 78.2 Å². The molecule has 10 heteroatoms. The summed E-state index contributed by atoms with van der Waals surface area (Å²) in [5, 5.41) is 6.76. The predicted molar refractivity (Wildman–Crippen MR) is 175 cm³/mol. The second-order valence-corrected chi connectivity index (χ2v) is 10.6. The second kappa shape index (κ2) is 14.5. The van der Waals surface area contributed by atoms with Gasteiger partial charge in [0.2, 0.25) is 0 Å². The van der Waals surface area contributed by atoms with Crippen LogP contribution in [-0.2, 0) is 17.8 Å². The third-order valence-corrected chi connectivity index (χ3v) is 7.42. The largest absolute Gasteiger partial charge is 0.497 e. The molecule has 0 aliphatic heterocycles. The zero-order valence-corrected chi connectivity index (χ0v) is 25.6. The number of nitrogens with one attached hydrogen (secondary N) is 2. The zero-order valence-electron chi connectivity index (χ0n) is 24.8. The third kappa shape index (κ3) is 7.82. The normalized spacial score (nSPS) is 10.7. The molecule has 45 heavy (non-hydrogen) atoms. The number of ether oxygens (including phenoxy) is 3. The number of pyridine rings is 1. The number of carbonyl (C=O) groups excluding carboxylic acids is 2. The molecule has 2 N–H and O–H groups in total. The van der Waals surface area contributed by atoms with E-state index >= 15 is 0 Å². The van der Waals surface area contributed by atoms with Crippen LogP contribution in [0.3, 0.4) is 0 Å². The lowest BCUT2D eigenvalue weighted by atomic mass is 10.1. The molecule has 5 rings (SSSR count). The summed E-state index contributed by atoms with van der Waals surface area (Å²) in [5.41, 5.74) is 2.34. The summed E-state index contributed by atoms with van der Waals surface area (Å²) in [7, 11) is 3.19. The van der Waals surface area contributed by atoms with Gasteiger partial charge in [0.1, 0.15) is 22.8 Å². The van der Waals surface area contributed by atoms with Gasteiger partial charge >= 0.3 is 0 Å². The average Bonchev–Trinajstić information content (AvgIpc) is 3.05. The minimum atomic E-state index is -0.510. The number of hydrogen-bond donors (Lipinski definition) is 2. The number of hydrogen-bond acceptors (Lipinski definition) is 6. The lowest BCUT2D eigenvalue weighted by molar-refractivity contribution is -0.118. The van der Waals surface area contributed by atoms with Gasteiger partial charge in [0.05, 0.1) is 32.0 Å². The lowest BCUT2D eigenvalue weighted by Crippen LogP contribution is -2.34. The van der Waals surface area contributed by atoms with Gasteiger partial charge in [0, 0.05) is 17.0 Å². The highest BCUT2D eigenvalue weighted by Crippen LogP contribution is 2.25. The number of anilines is 1. The van der Waals surface area contributed by atoms with Gasteiger partial charge in [-0.25, -0.2) is 0 Å². The molecule has 0 saturated heterocycles. The van der Waals surface area contributed by atoms with E-state index in [0.29, 0.717) is 46.1 Å². The van der Waals surface area contributed by atoms with Crippen molar-refractivity contribution in [1.29, 1.82) is 0 Å². The number of nitrogens with zero attached hydrogens (tertiary/aromatic N) is 1. The average molecular weight is 626 g/mol. The van der Waals surface area contributed by atoms with Gasteiger partial charge in [0.25, 0.3) is 17.4 Å². The van der Waals surface area contributed by atoms with E-state index in [1.807, 2.05) is 48.5 Å². The molecule has 0 unspecified atom stereocenters. The number of halogens is 1. The van der Waals surface area contributed by atoms with Gasteiger partial charge in [-0.3, -0.25) is 14.4 Å². The molecular formula is C35H32ClN3O6. The van der Waals surface area contributed by atoms with E-state index in [1.165, 1.54) is 10.6 Å². The number of benzene rings is 4.